The number of aryl methyl sites for hydroxylation is 2. The summed E-state index contributed by atoms with van der Waals surface area (Å²) in [6, 6.07) is -0.120. The molecule has 0 amide bonds. The van der Waals surface area contributed by atoms with E-state index in [1.807, 2.05) is 19.4 Å². The number of nitrogens with two attached hydrogens (primary N) is 1. The summed E-state index contributed by atoms with van der Waals surface area (Å²) < 4.78 is 3.87. The van der Waals surface area contributed by atoms with Gasteiger partial charge in [0, 0.05) is 37.7 Å². The fraction of sp³-hybridized carbons (Fsp3) is 0.455. The summed E-state index contributed by atoms with van der Waals surface area (Å²) in [5.74, 6) is 6.55. The van der Waals surface area contributed by atoms with E-state index in [9.17, 15) is 0 Å². The highest BCUT2D eigenvalue weighted by atomic mass is 15.3. The number of hydrogen-bond donors (Lipinski definition) is 2. The zero-order valence-corrected chi connectivity index (χ0v) is 10.2. The number of hydrazine groups is 1. The van der Waals surface area contributed by atoms with Crippen LogP contribution in [0.3, 0.4) is 0 Å². The average molecular weight is 234 g/mol. The minimum atomic E-state index is -0.120. The Kier molecular flexibility index (Phi) is 3.55. The summed E-state index contributed by atoms with van der Waals surface area (Å²) in [4.78, 5) is 4.38. The largest absolute Gasteiger partial charge is 0.333 e. The van der Waals surface area contributed by atoms with Gasteiger partial charge < -0.3 is 4.57 Å². The number of imidazole rings is 1. The fourth-order valence-corrected chi connectivity index (χ4v) is 1.92. The van der Waals surface area contributed by atoms with Crippen molar-refractivity contribution in [3.05, 3.63) is 36.2 Å². The van der Waals surface area contributed by atoms with Crippen molar-refractivity contribution >= 4 is 0 Å². The molecule has 17 heavy (non-hydrogen) atoms. The molecule has 0 spiro atoms. The van der Waals surface area contributed by atoms with Gasteiger partial charge in [-0.2, -0.15) is 5.10 Å². The number of nitrogens with one attached hydrogen (secondary N) is 1. The van der Waals surface area contributed by atoms with Crippen LogP contribution in [-0.4, -0.2) is 19.3 Å². The summed E-state index contributed by atoms with van der Waals surface area (Å²) in [5, 5.41) is 4.16. The van der Waals surface area contributed by atoms with E-state index >= 15 is 0 Å². The lowest BCUT2D eigenvalue weighted by atomic mass is 10.1. The molecular formula is C11H18N6. The second-order valence-corrected chi connectivity index (χ2v) is 4.03. The van der Waals surface area contributed by atoms with E-state index in [-0.39, 0.29) is 6.04 Å². The van der Waals surface area contributed by atoms with Crippen LogP contribution >= 0.6 is 0 Å². The van der Waals surface area contributed by atoms with Crippen LogP contribution in [0, 0.1) is 0 Å². The van der Waals surface area contributed by atoms with Gasteiger partial charge in [-0.3, -0.25) is 10.5 Å². The van der Waals surface area contributed by atoms with Crippen molar-refractivity contribution in [2.75, 3.05) is 0 Å². The monoisotopic (exact) mass is 234 g/mol. The van der Waals surface area contributed by atoms with E-state index in [0.29, 0.717) is 0 Å². The predicted molar refractivity (Wildman–Crippen MR) is 64.9 cm³/mol. The van der Waals surface area contributed by atoms with Gasteiger partial charge in [-0.05, 0) is 6.42 Å². The SMILES string of the molecule is CCCn1ccnc1C(NN)c1cnn(C)c1. The summed E-state index contributed by atoms with van der Waals surface area (Å²) in [6.07, 6.45) is 8.57. The van der Waals surface area contributed by atoms with Crippen LogP contribution in [0.2, 0.25) is 0 Å². The maximum atomic E-state index is 5.63. The molecule has 2 aromatic heterocycles. The molecule has 2 aromatic rings. The second kappa shape index (κ2) is 5.11. The van der Waals surface area contributed by atoms with Crippen LogP contribution in [0.5, 0.6) is 0 Å². The maximum absolute atomic E-state index is 5.63. The molecule has 2 rings (SSSR count). The molecule has 6 nitrogen and oxygen atoms in total. The number of aromatic nitrogens is 4. The Morgan fingerprint density at radius 1 is 1.53 bits per heavy atom. The van der Waals surface area contributed by atoms with Gasteiger partial charge in [0.1, 0.15) is 11.9 Å². The molecule has 6 heteroatoms. The third-order valence-corrected chi connectivity index (χ3v) is 2.70. The maximum Gasteiger partial charge on any atom is 0.131 e. The Morgan fingerprint density at radius 3 is 2.94 bits per heavy atom. The van der Waals surface area contributed by atoms with E-state index in [1.165, 1.54) is 0 Å². The second-order valence-electron chi connectivity index (χ2n) is 4.03. The first-order valence-electron chi connectivity index (χ1n) is 5.72. The number of hydrogen-bond acceptors (Lipinski definition) is 4. The van der Waals surface area contributed by atoms with E-state index < -0.39 is 0 Å². The molecule has 3 N–H and O–H groups in total. The molecule has 0 radical (unpaired) electrons. The molecule has 0 aliphatic heterocycles. The molecule has 2 heterocycles. The van der Waals surface area contributed by atoms with Crippen LogP contribution in [-0.2, 0) is 13.6 Å². The number of rotatable bonds is 5. The minimum Gasteiger partial charge on any atom is -0.333 e. The van der Waals surface area contributed by atoms with E-state index in [4.69, 9.17) is 5.84 Å². The van der Waals surface area contributed by atoms with Crippen molar-refractivity contribution in [3.63, 3.8) is 0 Å². The summed E-state index contributed by atoms with van der Waals surface area (Å²) in [7, 11) is 1.88. The van der Waals surface area contributed by atoms with Gasteiger partial charge in [-0.1, -0.05) is 6.92 Å². The van der Waals surface area contributed by atoms with Gasteiger partial charge >= 0.3 is 0 Å². The molecule has 1 unspecified atom stereocenters. The van der Waals surface area contributed by atoms with E-state index in [1.54, 1.807) is 17.1 Å². The Labute approximate surface area is 100 Å². The lowest BCUT2D eigenvalue weighted by Gasteiger charge is -2.15. The van der Waals surface area contributed by atoms with Crippen molar-refractivity contribution in [1.29, 1.82) is 0 Å². The van der Waals surface area contributed by atoms with Gasteiger partial charge in [0.25, 0.3) is 0 Å². The van der Waals surface area contributed by atoms with Crippen molar-refractivity contribution in [2.24, 2.45) is 12.9 Å². The van der Waals surface area contributed by atoms with Gasteiger partial charge in [0.15, 0.2) is 0 Å². The van der Waals surface area contributed by atoms with E-state index in [2.05, 4.69) is 27.0 Å². The van der Waals surface area contributed by atoms with Gasteiger partial charge in [-0.15, -0.1) is 0 Å². The average Bonchev–Trinajstić information content (AvgIpc) is 2.91. The Bertz CT molecular complexity index is 472. The van der Waals surface area contributed by atoms with Crippen LogP contribution in [0.4, 0.5) is 0 Å². The molecule has 0 fully saturated rings. The molecule has 0 aliphatic rings. The third-order valence-electron chi connectivity index (χ3n) is 2.70. The molecular weight excluding hydrogens is 216 g/mol. The number of nitrogens with zero attached hydrogens (tertiary/aromatic N) is 4. The van der Waals surface area contributed by atoms with E-state index in [0.717, 1.165) is 24.4 Å². The van der Waals surface area contributed by atoms with Crippen LogP contribution in [0.15, 0.2) is 24.8 Å². The normalized spacial score (nSPS) is 12.9. The summed E-state index contributed by atoms with van der Waals surface area (Å²) >= 11 is 0. The van der Waals surface area contributed by atoms with Gasteiger partial charge in [0.2, 0.25) is 0 Å². The highest BCUT2D eigenvalue weighted by Gasteiger charge is 2.18. The van der Waals surface area contributed by atoms with Crippen LogP contribution < -0.4 is 11.3 Å². The molecule has 0 saturated carbocycles. The van der Waals surface area contributed by atoms with Gasteiger partial charge in [-0.25, -0.2) is 10.4 Å². The quantitative estimate of drug-likeness (QED) is 0.586. The first-order valence-corrected chi connectivity index (χ1v) is 5.72. The molecule has 0 saturated heterocycles. The first-order chi connectivity index (χ1) is 8.26. The topological polar surface area (TPSA) is 73.7 Å². The standard InChI is InChI=1S/C11H18N6/c1-3-5-17-6-4-13-11(17)10(15-12)9-7-14-16(2)8-9/h4,6-8,10,15H,3,5,12H2,1-2H3. The van der Waals surface area contributed by atoms with Crippen molar-refractivity contribution in [3.8, 4) is 0 Å². The molecule has 0 aliphatic carbocycles. The first kappa shape index (κ1) is 11.8. The van der Waals surface area contributed by atoms with Crippen molar-refractivity contribution in [1.82, 2.24) is 24.8 Å². The highest BCUT2D eigenvalue weighted by molar-refractivity contribution is 5.19. The summed E-state index contributed by atoms with van der Waals surface area (Å²) in [5.41, 5.74) is 3.81. The third kappa shape index (κ3) is 2.37. The fourth-order valence-electron chi connectivity index (χ4n) is 1.92. The van der Waals surface area contributed by atoms with Gasteiger partial charge in [0.05, 0.1) is 6.20 Å². The molecule has 92 valence electrons. The Balaban J connectivity index is 2.31. The smallest absolute Gasteiger partial charge is 0.131 e. The minimum absolute atomic E-state index is 0.120. The van der Waals surface area contributed by atoms with Crippen LogP contribution in [0.1, 0.15) is 30.8 Å². The Morgan fingerprint density at radius 2 is 2.35 bits per heavy atom. The van der Waals surface area contributed by atoms with Crippen molar-refractivity contribution in [2.45, 2.75) is 25.9 Å². The lowest BCUT2D eigenvalue weighted by molar-refractivity contribution is 0.545. The molecule has 0 aromatic carbocycles. The lowest BCUT2D eigenvalue weighted by Crippen LogP contribution is -2.31. The summed E-state index contributed by atoms with van der Waals surface area (Å²) in [6.45, 7) is 3.08. The van der Waals surface area contributed by atoms with Crippen LogP contribution in [0.25, 0.3) is 0 Å². The molecule has 1 atom stereocenters. The zero-order chi connectivity index (χ0) is 12.3. The molecule has 0 bridgehead atoms. The van der Waals surface area contributed by atoms with Crippen molar-refractivity contribution < 1.29 is 0 Å². The Hall–Kier alpha value is -1.66. The highest BCUT2D eigenvalue weighted by Crippen LogP contribution is 2.19. The zero-order valence-electron chi connectivity index (χ0n) is 10.2. The predicted octanol–water partition coefficient (Wildman–Crippen LogP) is 0.579.